The topological polar surface area (TPSA) is 37.3 Å². The molecule has 0 spiro atoms. The molecule has 0 bridgehead atoms. The van der Waals surface area contributed by atoms with Crippen LogP contribution in [0.4, 0.5) is 4.39 Å². The van der Waals surface area contributed by atoms with Crippen LogP contribution in [-0.4, -0.2) is 10.9 Å². The number of ketones is 1. The number of Topliss-reactive ketones (excluding diaryl/α,β-unsaturated/α-hetero) is 1. The molecule has 0 radical (unpaired) electrons. The van der Waals surface area contributed by atoms with Gasteiger partial charge in [-0.15, -0.1) is 0 Å². The lowest BCUT2D eigenvalue weighted by atomic mass is 10.0. The molecule has 1 aromatic rings. The summed E-state index contributed by atoms with van der Waals surface area (Å²) in [6.45, 7) is 2.08. The number of phenols is 1. The molecule has 1 aromatic carbocycles. The summed E-state index contributed by atoms with van der Waals surface area (Å²) in [6.07, 6.45) is 4.19. The monoisotopic (exact) mass is 258 g/mol. The van der Waals surface area contributed by atoms with Crippen LogP contribution in [0.3, 0.4) is 0 Å². The summed E-state index contributed by atoms with van der Waals surface area (Å²) in [5.74, 6) is -1.20. The van der Waals surface area contributed by atoms with Gasteiger partial charge in [0.1, 0.15) is 11.6 Å². The summed E-state index contributed by atoms with van der Waals surface area (Å²) in [5, 5.41) is 9.45. The zero-order chi connectivity index (χ0) is 12.8. The van der Waals surface area contributed by atoms with Crippen LogP contribution in [0.1, 0.15) is 49.4 Å². The number of hydrogen-bond donors (Lipinski definition) is 1. The normalized spacial score (nSPS) is 10.5. The van der Waals surface area contributed by atoms with E-state index in [9.17, 15) is 14.3 Å². The highest BCUT2D eigenvalue weighted by atomic mass is 35.5. The van der Waals surface area contributed by atoms with Crippen LogP contribution in [0, 0.1) is 5.82 Å². The highest BCUT2D eigenvalue weighted by Crippen LogP contribution is 2.29. The molecule has 0 saturated heterocycles. The lowest BCUT2D eigenvalue weighted by molar-refractivity contribution is 0.0976. The molecular weight excluding hydrogens is 243 g/mol. The Bertz CT molecular complexity index is 405. The molecule has 0 aliphatic rings. The van der Waals surface area contributed by atoms with Crippen molar-refractivity contribution in [2.45, 2.75) is 39.0 Å². The number of unbranched alkanes of at least 4 members (excludes halogenated alkanes) is 3. The molecule has 4 heteroatoms. The largest absolute Gasteiger partial charge is 0.506 e. The van der Waals surface area contributed by atoms with Crippen molar-refractivity contribution in [1.82, 2.24) is 0 Å². The first-order valence-electron chi connectivity index (χ1n) is 5.77. The minimum atomic E-state index is -0.607. The van der Waals surface area contributed by atoms with E-state index in [0.29, 0.717) is 6.42 Å². The highest BCUT2D eigenvalue weighted by molar-refractivity contribution is 6.32. The van der Waals surface area contributed by atoms with Crippen molar-refractivity contribution in [2.75, 3.05) is 0 Å². The number of phenolic OH excluding ortho intramolecular Hbond substituents is 1. The summed E-state index contributed by atoms with van der Waals surface area (Å²) >= 11 is 5.60. The van der Waals surface area contributed by atoms with Gasteiger partial charge < -0.3 is 5.11 Å². The number of rotatable bonds is 6. The van der Waals surface area contributed by atoms with E-state index in [4.69, 9.17) is 11.6 Å². The third-order valence-corrected chi connectivity index (χ3v) is 2.87. The number of halogens is 2. The smallest absolute Gasteiger partial charge is 0.166 e. The van der Waals surface area contributed by atoms with Crippen LogP contribution in [0.5, 0.6) is 5.75 Å². The molecule has 17 heavy (non-hydrogen) atoms. The molecule has 0 aliphatic carbocycles. The molecule has 0 saturated carbocycles. The van der Waals surface area contributed by atoms with E-state index in [1.165, 1.54) is 0 Å². The van der Waals surface area contributed by atoms with Gasteiger partial charge >= 0.3 is 0 Å². The van der Waals surface area contributed by atoms with E-state index in [1.54, 1.807) is 0 Å². The maximum atomic E-state index is 13.1. The van der Waals surface area contributed by atoms with Gasteiger partial charge in [0.2, 0.25) is 0 Å². The van der Waals surface area contributed by atoms with Gasteiger partial charge in [0.25, 0.3) is 0 Å². The predicted octanol–water partition coefficient (Wildman–Crippen LogP) is 4.34. The first kappa shape index (κ1) is 14.0. The Hall–Kier alpha value is -1.09. The minimum absolute atomic E-state index is 0.0218. The molecule has 0 aliphatic heterocycles. The second-order valence-electron chi connectivity index (χ2n) is 4.02. The summed E-state index contributed by atoms with van der Waals surface area (Å²) < 4.78 is 13.1. The van der Waals surface area contributed by atoms with Gasteiger partial charge in [-0.3, -0.25) is 4.79 Å². The van der Waals surface area contributed by atoms with Gasteiger partial charge in [-0.05, 0) is 18.6 Å². The van der Waals surface area contributed by atoms with Gasteiger partial charge in [0.15, 0.2) is 5.78 Å². The predicted molar refractivity (Wildman–Crippen MR) is 66.2 cm³/mol. The van der Waals surface area contributed by atoms with E-state index in [0.717, 1.165) is 37.8 Å². The average Bonchev–Trinajstić information content (AvgIpc) is 2.29. The Labute approximate surface area is 105 Å². The van der Waals surface area contributed by atoms with Gasteiger partial charge in [-0.2, -0.15) is 0 Å². The third kappa shape index (κ3) is 4.00. The average molecular weight is 259 g/mol. The third-order valence-electron chi connectivity index (χ3n) is 2.59. The fourth-order valence-corrected chi connectivity index (χ4v) is 1.83. The Kier molecular flexibility index (Phi) is 5.42. The quantitative estimate of drug-likeness (QED) is 0.609. The van der Waals surface area contributed by atoms with Crippen LogP contribution in [0.15, 0.2) is 12.1 Å². The SMILES string of the molecule is CCCCCCC(=O)c1cc(F)cc(Cl)c1O. The van der Waals surface area contributed by atoms with Crippen LogP contribution in [0.25, 0.3) is 0 Å². The van der Waals surface area contributed by atoms with Crippen molar-refractivity contribution in [1.29, 1.82) is 0 Å². The number of hydrogen-bond acceptors (Lipinski definition) is 2. The van der Waals surface area contributed by atoms with E-state index >= 15 is 0 Å². The molecule has 2 nitrogen and oxygen atoms in total. The molecule has 0 unspecified atom stereocenters. The number of carbonyl (C=O) groups excluding carboxylic acids is 1. The standard InChI is InChI=1S/C13H16ClFO2/c1-2-3-4-5-6-12(16)10-7-9(15)8-11(14)13(10)17/h7-8,17H,2-6H2,1H3. The zero-order valence-corrected chi connectivity index (χ0v) is 10.6. The van der Waals surface area contributed by atoms with Crippen LogP contribution < -0.4 is 0 Å². The molecule has 94 valence electrons. The Morgan fingerprint density at radius 1 is 1.35 bits per heavy atom. The van der Waals surface area contributed by atoms with Crippen molar-refractivity contribution in [2.24, 2.45) is 0 Å². The maximum absolute atomic E-state index is 13.1. The van der Waals surface area contributed by atoms with Crippen molar-refractivity contribution in [3.8, 4) is 5.75 Å². The molecule has 1 N–H and O–H groups in total. The van der Waals surface area contributed by atoms with Crippen molar-refractivity contribution < 1.29 is 14.3 Å². The van der Waals surface area contributed by atoms with E-state index in [1.807, 2.05) is 0 Å². The lowest BCUT2D eigenvalue weighted by Crippen LogP contribution is -2.00. The van der Waals surface area contributed by atoms with Crippen LogP contribution in [0.2, 0.25) is 5.02 Å². The van der Waals surface area contributed by atoms with Crippen LogP contribution >= 0.6 is 11.6 Å². The zero-order valence-electron chi connectivity index (χ0n) is 9.80. The Balaban J connectivity index is 2.69. The summed E-state index contributed by atoms with van der Waals surface area (Å²) in [7, 11) is 0. The fraction of sp³-hybridized carbons (Fsp3) is 0.462. The van der Waals surface area contributed by atoms with Crippen molar-refractivity contribution in [3.63, 3.8) is 0 Å². The Morgan fingerprint density at radius 2 is 2.06 bits per heavy atom. The minimum Gasteiger partial charge on any atom is -0.506 e. The molecule has 1 rings (SSSR count). The number of carbonyl (C=O) groups is 1. The van der Waals surface area contributed by atoms with Gasteiger partial charge in [0.05, 0.1) is 10.6 Å². The molecule has 0 aromatic heterocycles. The first-order chi connectivity index (χ1) is 8.06. The molecule has 0 fully saturated rings. The first-order valence-corrected chi connectivity index (χ1v) is 6.15. The molecular formula is C13H16ClFO2. The van der Waals surface area contributed by atoms with E-state index < -0.39 is 5.82 Å². The molecule has 0 amide bonds. The van der Waals surface area contributed by atoms with Gasteiger partial charge in [-0.25, -0.2) is 4.39 Å². The maximum Gasteiger partial charge on any atom is 0.166 e. The molecule has 0 atom stereocenters. The lowest BCUT2D eigenvalue weighted by Gasteiger charge is -2.05. The summed E-state index contributed by atoms with van der Waals surface area (Å²) in [6, 6.07) is 2.02. The van der Waals surface area contributed by atoms with E-state index in [2.05, 4.69) is 6.92 Å². The van der Waals surface area contributed by atoms with Gasteiger partial charge in [-0.1, -0.05) is 37.8 Å². The number of benzene rings is 1. The van der Waals surface area contributed by atoms with Gasteiger partial charge in [0, 0.05) is 6.42 Å². The summed E-state index contributed by atoms with van der Waals surface area (Å²) in [5.41, 5.74) is -0.0218. The van der Waals surface area contributed by atoms with Crippen molar-refractivity contribution >= 4 is 17.4 Å². The highest BCUT2D eigenvalue weighted by Gasteiger charge is 2.15. The fourth-order valence-electron chi connectivity index (χ4n) is 1.63. The van der Waals surface area contributed by atoms with Crippen molar-refractivity contribution in [3.05, 3.63) is 28.5 Å². The number of aromatic hydroxyl groups is 1. The van der Waals surface area contributed by atoms with Crippen LogP contribution in [-0.2, 0) is 0 Å². The molecule has 0 heterocycles. The Morgan fingerprint density at radius 3 is 2.71 bits per heavy atom. The van der Waals surface area contributed by atoms with E-state index in [-0.39, 0.29) is 22.1 Å². The second kappa shape index (κ2) is 6.60. The second-order valence-corrected chi connectivity index (χ2v) is 4.42. The summed E-state index contributed by atoms with van der Waals surface area (Å²) in [4.78, 5) is 11.7.